The smallest absolute Gasteiger partial charge is 0.161 e. The Labute approximate surface area is 137 Å². The van der Waals surface area contributed by atoms with Crippen molar-refractivity contribution in [2.45, 2.75) is 12.2 Å². The van der Waals surface area contributed by atoms with E-state index in [9.17, 15) is 5.11 Å². The van der Waals surface area contributed by atoms with Crippen molar-refractivity contribution in [2.75, 3.05) is 59.6 Å². The molecule has 1 aromatic carbocycles. The summed E-state index contributed by atoms with van der Waals surface area (Å²) in [6.07, 6.45) is -0.587. The van der Waals surface area contributed by atoms with Crippen molar-refractivity contribution in [1.29, 1.82) is 0 Å². The number of hydrogen-bond donors (Lipinski definition) is 1. The van der Waals surface area contributed by atoms with Crippen LogP contribution in [0.15, 0.2) is 24.3 Å². The van der Waals surface area contributed by atoms with Gasteiger partial charge in [-0.1, -0.05) is 12.1 Å². The highest BCUT2D eigenvalue weighted by atomic mass is 16.6. The largest absolute Gasteiger partial charge is 0.486 e. The molecule has 128 valence electrons. The van der Waals surface area contributed by atoms with Gasteiger partial charge in [-0.15, -0.1) is 0 Å². The zero-order valence-corrected chi connectivity index (χ0v) is 13.7. The molecule has 6 heteroatoms. The number of aliphatic hydroxyl groups excluding tert-OH is 1. The normalized spacial score (nSPS) is 23.7. The second-order valence-corrected chi connectivity index (χ2v) is 6.29. The number of piperazine rings is 1. The summed E-state index contributed by atoms with van der Waals surface area (Å²) in [5.74, 6) is 1.53. The molecule has 0 aliphatic carbocycles. The van der Waals surface area contributed by atoms with E-state index in [1.54, 1.807) is 0 Å². The number of aliphatic hydroxyl groups is 1. The van der Waals surface area contributed by atoms with E-state index in [2.05, 4.69) is 16.8 Å². The Kier molecular flexibility index (Phi) is 5.72. The second-order valence-electron chi connectivity index (χ2n) is 6.29. The first kappa shape index (κ1) is 16.5. The van der Waals surface area contributed by atoms with Crippen LogP contribution in [0.5, 0.6) is 11.5 Å². The van der Waals surface area contributed by atoms with E-state index < -0.39 is 6.10 Å². The Hall–Kier alpha value is -1.34. The van der Waals surface area contributed by atoms with E-state index in [0.29, 0.717) is 26.4 Å². The highest BCUT2D eigenvalue weighted by molar-refractivity contribution is 5.40. The van der Waals surface area contributed by atoms with Crippen LogP contribution in [0.2, 0.25) is 0 Å². The number of rotatable bonds is 6. The molecule has 0 saturated carbocycles. The third-order valence-electron chi connectivity index (χ3n) is 4.25. The van der Waals surface area contributed by atoms with Crippen molar-refractivity contribution < 1.29 is 19.3 Å². The summed E-state index contributed by atoms with van der Waals surface area (Å²) in [5.41, 5.74) is 0. The van der Waals surface area contributed by atoms with E-state index in [1.807, 2.05) is 24.3 Å². The van der Waals surface area contributed by atoms with Gasteiger partial charge in [0.15, 0.2) is 17.6 Å². The third-order valence-corrected chi connectivity index (χ3v) is 4.25. The van der Waals surface area contributed by atoms with E-state index >= 15 is 0 Å². The van der Waals surface area contributed by atoms with Crippen LogP contribution < -0.4 is 9.47 Å². The van der Waals surface area contributed by atoms with E-state index in [-0.39, 0.29) is 6.10 Å². The van der Waals surface area contributed by atoms with E-state index in [4.69, 9.17) is 14.2 Å². The predicted octanol–water partition coefficient (Wildman–Crippen LogP) is 0.451. The van der Waals surface area contributed by atoms with Gasteiger partial charge in [0.05, 0.1) is 19.3 Å². The number of likely N-dealkylation sites (N-methyl/N-ethyl adjacent to an activating group) is 1. The Balaban J connectivity index is 1.34. The first-order valence-corrected chi connectivity index (χ1v) is 8.26. The highest BCUT2D eigenvalue weighted by Gasteiger charge is 2.22. The van der Waals surface area contributed by atoms with Gasteiger partial charge in [0.25, 0.3) is 0 Å². The number of β-amino-alcohol motifs (C(OH)–C–C–N with tert-alkyl or cyclic N) is 1. The van der Waals surface area contributed by atoms with Gasteiger partial charge >= 0.3 is 0 Å². The first-order valence-electron chi connectivity index (χ1n) is 8.26. The fourth-order valence-corrected chi connectivity index (χ4v) is 2.86. The Morgan fingerprint density at radius 3 is 2.74 bits per heavy atom. The lowest BCUT2D eigenvalue weighted by Gasteiger charge is -2.33. The topological polar surface area (TPSA) is 54.4 Å². The minimum absolute atomic E-state index is 0.124. The van der Waals surface area contributed by atoms with Crippen LogP contribution in [-0.4, -0.2) is 86.7 Å². The molecular weight excluding hydrogens is 296 g/mol. The minimum atomic E-state index is -0.463. The van der Waals surface area contributed by atoms with Crippen molar-refractivity contribution in [3.8, 4) is 11.5 Å². The van der Waals surface area contributed by atoms with Gasteiger partial charge in [0, 0.05) is 32.7 Å². The number of fused-ring (bicyclic) bond motifs is 1. The van der Waals surface area contributed by atoms with Gasteiger partial charge in [0.1, 0.15) is 6.61 Å². The number of hydrogen-bond acceptors (Lipinski definition) is 6. The molecule has 23 heavy (non-hydrogen) atoms. The Bertz CT molecular complexity index is 491. The Morgan fingerprint density at radius 2 is 1.96 bits per heavy atom. The van der Waals surface area contributed by atoms with Gasteiger partial charge in [0.2, 0.25) is 0 Å². The molecular formula is C17H26N2O4. The molecule has 1 saturated heterocycles. The monoisotopic (exact) mass is 322 g/mol. The van der Waals surface area contributed by atoms with Gasteiger partial charge in [-0.2, -0.15) is 0 Å². The van der Waals surface area contributed by atoms with Crippen LogP contribution in [0.25, 0.3) is 0 Å². The molecule has 0 spiro atoms. The standard InChI is InChI=1S/C17H26N2O4/c1-18-6-8-19(9-7-18)10-14(20)11-21-12-15-13-22-16-4-2-3-5-17(16)23-15/h2-5,14-15,20H,6-13H2,1H3/t14-,15-/m1/s1. The second kappa shape index (κ2) is 7.97. The number of para-hydroxylation sites is 2. The summed E-state index contributed by atoms with van der Waals surface area (Å²) in [7, 11) is 2.13. The summed E-state index contributed by atoms with van der Waals surface area (Å²) in [6.45, 7) is 6.01. The number of benzene rings is 1. The highest BCUT2D eigenvalue weighted by Crippen LogP contribution is 2.30. The van der Waals surface area contributed by atoms with Crippen LogP contribution >= 0.6 is 0 Å². The molecule has 2 aliphatic heterocycles. The summed E-state index contributed by atoms with van der Waals surface area (Å²) in [5, 5.41) is 10.1. The van der Waals surface area contributed by atoms with E-state index in [1.165, 1.54) is 0 Å². The first-order chi connectivity index (χ1) is 11.2. The van der Waals surface area contributed by atoms with Crippen molar-refractivity contribution in [3.63, 3.8) is 0 Å². The zero-order chi connectivity index (χ0) is 16.1. The fraction of sp³-hybridized carbons (Fsp3) is 0.647. The van der Waals surface area contributed by atoms with Crippen LogP contribution in [0, 0.1) is 0 Å². The van der Waals surface area contributed by atoms with Crippen molar-refractivity contribution in [3.05, 3.63) is 24.3 Å². The minimum Gasteiger partial charge on any atom is -0.486 e. The molecule has 1 aromatic rings. The maximum absolute atomic E-state index is 10.1. The maximum Gasteiger partial charge on any atom is 0.161 e. The Morgan fingerprint density at radius 1 is 1.22 bits per heavy atom. The van der Waals surface area contributed by atoms with Gasteiger partial charge < -0.3 is 24.2 Å². The summed E-state index contributed by atoms with van der Waals surface area (Å²) in [4.78, 5) is 4.59. The van der Waals surface area contributed by atoms with Crippen molar-refractivity contribution in [2.24, 2.45) is 0 Å². The molecule has 0 bridgehead atoms. The number of nitrogens with zero attached hydrogens (tertiary/aromatic N) is 2. The average molecular weight is 322 g/mol. The molecule has 0 radical (unpaired) electrons. The molecule has 0 aromatic heterocycles. The summed E-state index contributed by atoms with van der Waals surface area (Å²) < 4.78 is 17.1. The number of ether oxygens (including phenoxy) is 3. The molecule has 2 heterocycles. The van der Waals surface area contributed by atoms with Crippen LogP contribution in [0.3, 0.4) is 0 Å². The molecule has 3 rings (SSSR count). The summed E-state index contributed by atoms with van der Waals surface area (Å²) in [6, 6.07) is 7.63. The van der Waals surface area contributed by atoms with Crippen LogP contribution in [0.4, 0.5) is 0 Å². The summed E-state index contributed by atoms with van der Waals surface area (Å²) >= 11 is 0. The molecule has 2 atom stereocenters. The van der Waals surface area contributed by atoms with Crippen molar-refractivity contribution >= 4 is 0 Å². The van der Waals surface area contributed by atoms with Gasteiger partial charge in [-0.05, 0) is 19.2 Å². The lowest BCUT2D eigenvalue weighted by Crippen LogP contribution is -2.47. The van der Waals surface area contributed by atoms with Gasteiger partial charge in [-0.25, -0.2) is 0 Å². The van der Waals surface area contributed by atoms with Crippen molar-refractivity contribution in [1.82, 2.24) is 9.80 Å². The quantitative estimate of drug-likeness (QED) is 0.821. The van der Waals surface area contributed by atoms with Crippen LogP contribution in [0.1, 0.15) is 0 Å². The fourth-order valence-electron chi connectivity index (χ4n) is 2.86. The molecule has 2 aliphatic rings. The lowest BCUT2D eigenvalue weighted by molar-refractivity contribution is -0.0315. The SMILES string of the molecule is CN1CCN(C[C@@H](O)COC[C@@H]2COc3ccccc3O2)CC1. The average Bonchev–Trinajstić information content (AvgIpc) is 2.57. The lowest BCUT2D eigenvalue weighted by atomic mass is 10.2. The van der Waals surface area contributed by atoms with Gasteiger partial charge in [-0.3, -0.25) is 4.90 Å². The molecule has 0 amide bonds. The maximum atomic E-state index is 10.1. The molecule has 6 nitrogen and oxygen atoms in total. The third kappa shape index (κ3) is 4.81. The molecule has 0 unspecified atom stereocenters. The van der Waals surface area contributed by atoms with E-state index in [0.717, 1.165) is 37.7 Å². The predicted molar refractivity (Wildman–Crippen MR) is 87.1 cm³/mol. The molecule has 1 fully saturated rings. The molecule has 1 N–H and O–H groups in total. The van der Waals surface area contributed by atoms with Crippen LogP contribution in [-0.2, 0) is 4.74 Å². The zero-order valence-electron chi connectivity index (χ0n) is 13.7.